The van der Waals surface area contributed by atoms with Crippen LogP contribution in [0.4, 0.5) is 0 Å². The van der Waals surface area contributed by atoms with Crippen LogP contribution in [0.15, 0.2) is 60.8 Å². The maximum Gasteiger partial charge on any atom is 0.339 e. The summed E-state index contributed by atoms with van der Waals surface area (Å²) in [6.07, 6.45) is 5.03. The topological polar surface area (TPSA) is 109 Å². The van der Waals surface area contributed by atoms with Crippen LogP contribution in [0, 0.1) is 0 Å². The fourth-order valence-corrected chi connectivity index (χ4v) is 4.84. The number of hydrogen-bond acceptors (Lipinski definition) is 7. The molecule has 190 valence electrons. The third-order valence-corrected chi connectivity index (χ3v) is 6.65. The standard InChI is InChI=1S/C29H23N3O6/c1-32-12-4-7-22(32)28(34)31-25(33)15-36-29(35)26-19-5-2-3-6-21(19)30-27-18(9-10-20(26)27)13-17-8-11-23-24(14-17)38-16-37-23/h2-8,11-14H,9-10,15-16H2,1H3,(H,31,33,34)/b18-13+. The van der Waals surface area contributed by atoms with Gasteiger partial charge in [0.25, 0.3) is 11.8 Å². The largest absolute Gasteiger partial charge is 0.454 e. The lowest BCUT2D eigenvalue weighted by Gasteiger charge is -2.12. The lowest BCUT2D eigenvalue weighted by Crippen LogP contribution is -2.35. The van der Waals surface area contributed by atoms with Crippen molar-refractivity contribution in [2.45, 2.75) is 12.8 Å². The number of aryl methyl sites for hydroxylation is 1. The van der Waals surface area contributed by atoms with Gasteiger partial charge >= 0.3 is 5.97 Å². The maximum atomic E-state index is 13.3. The summed E-state index contributed by atoms with van der Waals surface area (Å²) in [4.78, 5) is 42.9. The van der Waals surface area contributed by atoms with Crippen molar-refractivity contribution < 1.29 is 28.6 Å². The predicted octanol–water partition coefficient (Wildman–Crippen LogP) is 3.90. The number of rotatable bonds is 5. The number of esters is 1. The molecular formula is C29H23N3O6. The quantitative estimate of drug-likeness (QED) is 0.407. The van der Waals surface area contributed by atoms with E-state index >= 15 is 0 Å². The number of pyridine rings is 1. The Bertz CT molecular complexity index is 1650. The highest BCUT2D eigenvalue weighted by molar-refractivity contribution is 6.08. The Balaban J connectivity index is 1.27. The molecule has 0 unspecified atom stereocenters. The summed E-state index contributed by atoms with van der Waals surface area (Å²) in [6, 6.07) is 16.4. The molecule has 0 saturated carbocycles. The zero-order valence-corrected chi connectivity index (χ0v) is 20.5. The molecule has 38 heavy (non-hydrogen) atoms. The molecule has 0 spiro atoms. The van der Waals surface area contributed by atoms with Gasteiger partial charge in [0.05, 0.1) is 16.8 Å². The van der Waals surface area contributed by atoms with E-state index in [0.29, 0.717) is 46.5 Å². The van der Waals surface area contributed by atoms with Gasteiger partial charge in [0, 0.05) is 18.6 Å². The van der Waals surface area contributed by atoms with Crippen LogP contribution < -0.4 is 14.8 Å². The molecule has 0 fully saturated rings. The first-order valence-corrected chi connectivity index (χ1v) is 12.1. The molecule has 0 saturated heterocycles. The predicted molar refractivity (Wildman–Crippen MR) is 139 cm³/mol. The lowest BCUT2D eigenvalue weighted by atomic mass is 10.0. The lowest BCUT2D eigenvalue weighted by molar-refractivity contribution is -0.123. The fraction of sp³-hybridized carbons (Fsp3) is 0.172. The van der Waals surface area contributed by atoms with Crippen molar-refractivity contribution in [3.05, 3.63) is 88.9 Å². The smallest absolute Gasteiger partial charge is 0.339 e. The highest BCUT2D eigenvalue weighted by Gasteiger charge is 2.28. The van der Waals surface area contributed by atoms with Crippen LogP contribution >= 0.6 is 0 Å². The summed E-state index contributed by atoms with van der Waals surface area (Å²) in [7, 11) is 1.70. The average molecular weight is 510 g/mol. The molecule has 0 atom stereocenters. The summed E-state index contributed by atoms with van der Waals surface area (Å²) in [5.41, 5.74) is 4.81. The van der Waals surface area contributed by atoms with Crippen molar-refractivity contribution in [3.8, 4) is 11.5 Å². The van der Waals surface area contributed by atoms with E-state index in [-0.39, 0.29) is 6.79 Å². The second-order valence-electron chi connectivity index (χ2n) is 9.07. The molecule has 3 heterocycles. The second kappa shape index (κ2) is 9.51. The number of benzene rings is 2. The van der Waals surface area contributed by atoms with Gasteiger partial charge in [-0.3, -0.25) is 14.9 Å². The first-order valence-electron chi connectivity index (χ1n) is 12.1. The van der Waals surface area contributed by atoms with Gasteiger partial charge in [-0.15, -0.1) is 0 Å². The van der Waals surface area contributed by atoms with E-state index in [2.05, 4.69) is 5.32 Å². The molecule has 0 bridgehead atoms. The number of ether oxygens (including phenoxy) is 3. The van der Waals surface area contributed by atoms with Gasteiger partial charge in [0.15, 0.2) is 18.1 Å². The van der Waals surface area contributed by atoms with E-state index in [4.69, 9.17) is 19.2 Å². The average Bonchev–Trinajstić information content (AvgIpc) is 3.66. The van der Waals surface area contributed by atoms with Gasteiger partial charge < -0.3 is 18.8 Å². The summed E-state index contributed by atoms with van der Waals surface area (Å²) < 4.78 is 17.9. The number of nitrogens with one attached hydrogen (secondary N) is 1. The van der Waals surface area contributed by atoms with E-state index in [9.17, 15) is 14.4 Å². The number of carbonyl (C=O) groups is 3. The first-order chi connectivity index (χ1) is 18.5. The van der Waals surface area contributed by atoms with Gasteiger partial charge in [-0.25, -0.2) is 9.78 Å². The SMILES string of the molecule is Cn1cccc1C(=O)NC(=O)COC(=O)c1c2c(nc3ccccc13)/C(=C/c1ccc3c(c1)OCO3)CC2. The fourth-order valence-electron chi connectivity index (χ4n) is 4.84. The van der Waals surface area contributed by atoms with Gasteiger partial charge in [-0.05, 0) is 65.9 Å². The van der Waals surface area contributed by atoms with Crippen LogP contribution in [0.5, 0.6) is 11.5 Å². The van der Waals surface area contributed by atoms with E-state index in [1.54, 1.807) is 29.9 Å². The van der Waals surface area contributed by atoms with Crippen molar-refractivity contribution in [2.75, 3.05) is 13.4 Å². The Morgan fingerprint density at radius 2 is 1.89 bits per heavy atom. The summed E-state index contributed by atoms with van der Waals surface area (Å²) in [6.45, 7) is -0.379. The number of nitrogens with zero attached hydrogens (tertiary/aromatic N) is 2. The third-order valence-electron chi connectivity index (χ3n) is 6.65. The van der Waals surface area contributed by atoms with Crippen molar-refractivity contribution in [1.82, 2.24) is 14.9 Å². The first kappa shape index (κ1) is 23.5. The molecule has 1 aliphatic heterocycles. The van der Waals surface area contributed by atoms with Gasteiger partial charge in [-0.1, -0.05) is 24.3 Å². The van der Waals surface area contributed by atoms with Crippen molar-refractivity contribution in [3.63, 3.8) is 0 Å². The van der Waals surface area contributed by atoms with Crippen LogP contribution in [0.25, 0.3) is 22.6 Å². The molecule has 4 aromatic rings. The zero-order valence-electron chi connectivity index (χ0n) is 20.5. The summed E-state index contributed by atoms with van der Waals surface area (Å²) >= 11 is 0. The molecule has 1 aliphatic carbocycles. The molecule has 2 aliphatic rings. The minimum atomic E-state index is -0.706. The molecule has 1 N–H and O–H groups in total. The molecule has 9 nitrogen and oxygen atoms in total. The van der Waals surface area contributed by atoms with Crippen LogP contribution in [0.3, 0.4) is 0 Å². The van der Waals surface area contributed by atoms with Crippen molar-refractivity contribution >= 4 is 40.3 Å². The van der Waals surface area contributed by atoms with E-state index in [1.807, 2.05) is 48.5 Å². The second-order valence-corrected chi connectivity index (χ2v) is 9.07. The maximum absolute atomic E-state index is 13.3. The van der Waals surface area contributed by atoms with Crippen LogP contribution in [0.1, 0.15) is 44.1 Å². The molecule has 2 aromatic heterocycles. The zero-order chi connectivity index (χ0) is 26.2. The Morgan fingerprint density at radius 1 is 1.05 bits per heavy atom. The highest BCUT2D eigenvalue weighted by atomic mass is 16.7. The Hall–Kier alpha value is -4.92. The monoisotopic (exact) mass is 509 g/mol. The number of aromatic nitrogens is 2. The number of allylic oxidation sites excluding steroid dienone is 1. The minimum Gasteiger partial charge on any atom is -0.454 e. The highest BCUT2D eigenvalue weighted by Crippen LogP contribution is 2.39. The third kappa shape index (κ3) is 4.28. The Morgan fingerprint density at radius 3 is 2.74 bits per heavy atom. The molecule has 9 heteroatoms. The van der Waals surface area contributed by atoms with Crippen LogP contribution in [-0.4, -0.2) is 40.7 Å². The number of amides is 2. The van der Waals surface area contributed by atoms with E-state index in [0.717, 1.165) is 22.4 Å². The molecular weight excluding hydrogens is 486 g/mol. The van der Waals surface area contributed by atoms with Crippen molar-refractivity contribution in [1.29, 1.82) is 0 Å². The number of carbonyl (C=O) groups excluding carboxylic acids is 3. The van der Waals surface area contributed by atoms with E-state index in [1.165, 1.54) is 0 Å². The number of imide groups is 1. The molecule has 2 amide bonds. The van der Waals surface area contributed by atoms with Gasteiger partial charge in [-0.2, -0.15) is 0 Å². The summed E-state index contributed by atoms with van der Waals surface area (Å²) in [5.74, 6) is -0.500. The number of hydrogen-bond donors (Lipinski definition) is 1. The Kier molecular flexibility index (Phi) is 5.88. The molecule has 6 rings (SSSR count). The Labute approximate surface area is 217 Å². The van der Waals surface area contributed by atoms with Crippen LogP contribution in [-0.2, 0) is 23.0 Å². The van der Waals surface area contributed by atoms with Gasteiger partial charge in [0.1, 0.15) is 5.69 Å². The molecule has 2 aromatic carbocycles. The minimum absolute atomic E-state index is 0.204. The number of para-hydroxylation sites is 1. The molecule has 0 radical (unpaired) electrons. The van der Waals surface area contributed by atoms with Gasteiger partial charge in [0.2, 0.25) is 6.79 Å². The van der Waals surface area contributed by atoms with E-state index < -0.39 is 24.4 Å². The number of fused-ring (bicyclic) bond motifs is 3. The summed E-state index contributed by atoms with van der Waals surface area (Å²) in [5, 5.41) is 2.91. The van der Waals surface area contributed by atoms with Crippen molar-refractivity contribution in [2.24, 2.45) is 7.05 Å². The van der Waals surface area contributed by atoms with Crippen LogP contribution in [0.2, 0.25) is 0 Å². The normalized spacial score (nSPS) is 14.5.